The Kier molecular flexibility index (Phi) is 2.42. The minimum Gasteiger partial charge on any atom is -0.475 e. The van der Waals surface area contributed by atoms with Gasteiger partial charge in [0.1, 0.15) is 0 Å². The first-order valence-corrected chi connectivity index (χ1v) is 5.09. The van der Waals surface area contributed by atoms with Crippen molar-refractivity contribution in [2.45, 2.75) is 25.4 Å². The van der Waals surface area contributed by atoms with Crippen LogP contribution in [0.25, 0.3) is 0 Å². The van der Waals surface area contributed by atoms with Gasteiger partial charge in [-0.15, -0.1) is 0 Å². The van der Waals surface area contributed by atoms with Crippen LogP contribution in [0.3, 0.4) is 0 Å². The van der Waals surface area contributed by atoms with E-state index in [9.17, 15) is 9.59 Å². The second kappa shape index (κ2) is 3.63. The number of carbonyl (C=O) groups is 2. The molecule has 16 heavy (non-hydrogen) atoms. The highest BCUT2D eigenvalue weighted by molar-refractivity contribution is 6.07. The van der Waals surface area contributed by atoms with Gasteiger partial charge in [-0.25, -0.2) is 4.79 Å². The van der Waals surface area contributed by atoms with Gasteiger partial charge in [-0.1, -0.05) is 18.2 Å². The molecule has 0 aromatic heterocycles. The molecule has 0 saturated heterocycles. The molecule has 2 aliphatic rings. The Labute approximate surface area is 92.9 Å². The summed E-state index contributed by atoms with van der Waals surface area (Å²) in [5.41, 5.74) is -0.429. The van der Waals surface area contributed by atoms with Crippen LogP contribution in [-0.2, 0) is 14.3 Å². The Morgan fingerprint density at radius 3 is 2.75 bits per heavy atom. The number of aliphatic carboxylic acids is 1. The number of rotatable bonds is 2. The molecular formula is C12H12O4. The highest BCUT2D eigenvalue weighted by Gasteiger charge is 2.44. The van der Waals surface area contributed by atoms with Gasteiger partial charge in [0.05, 0.1) is 0 Å². The van der Waals surface area contributed by atoms with E-state index in [0.717, 1.165) is 24.5 Å². The quantitative estimate of drug-likeness (QED) is 0.767. The number of allylic oxidation sites excluding steroid dienone is 2. The molecule has 84 valence electrons. The molecule has 4 heteroatoms. The maximum atomic E-state index is 11.8. The van der Waals surface area contributed by atoms with E-state index in [1.54, 1.807) is 6.92 Å². The summed E-state index contributed by atoms with van der Waals surface area (Å²) in [4.78, 5) is 22.5. The van der Waals surface area contributed by atoms with Gasteiger partial charge in [0.2, 0.25) is 11.5 Å². The first kappa shape index (κ1) is 10.7. The van der Waals surface area contributed by atoms with Crippen LogP contribution in [0.1, 0.15) is 19.8 Å². The zero-order valence-corrected chi connectivity index (χ0v) is 8.90. The number of carboxylic acids is 1. The highest BCUT2D eigenvalue weighted by Crippen LogP contribution is 2.34. The van der Waals surface area contributed by atoms with Crippen LogP contribution >= 0.6 is 0 Å². The van der Waals surface area contributed by atoms with Gasteiger partial charge in [0, 0.05) is 6.08 Å². The minimum absolute atomic E-state index is 0.285. The molecule has 1 N–H and O–H groups in total. The number of ketones is 1. The lowest BCUT2D eigenvalue weighted by atomic mass is 9.88. The fraction of sp³-hybridized carbons (Fsp3) is 0.333. The Bertz CT molecular complexity index is 442. The van der Waals surface area contributed by atoms with Crippen LogP contribution in [0, 0.1) is 0 Å². The lowest BCUT2D eigenvalue weighted by Crippen LogP contribution is -2.35. The Morgan fingerprint density at radius 1 is 1.50 bits per heavy atom. The highest BCUT2D eigenvalue weighted by atomic mass is 16.5. The van der Waals surface area contributed by atoms with Crippen LogP contribution in [0.15, 0.2) is 35.6 Å². The van der Waals surface area contributed by atoms with Gasteiger partial charge in [-0.05, 0) is 25.3 Å². The summed E-state index contributed by atoms with van der Waals surface area (Å²) in [7, 11) is 0. The van der Waals surface area contributed by atoms with Gasteiger partial charge in [0.15, 0.2) is 5.60 Å². The van der Waals surface area contributed by atoms with Gasteiger partial charge in [-0.3, -0.25) is 4.79 Å². The van der Waals surface area contributed by atoms with E-state index < -0.39 is 11.6 Å². The Hall–Kier alpha value is -1.84. The summed E-state index contributed by atoms with van der Waals surface area (Å²) < 4.78 is 5.25. The maximum absolute atomic E-state index is 11.8. The van der Waals surface area contributed by atoms with E-state index in [1.807, 2.05) is 18.2 Å². The largest absolute Gasteiger partial charge is 0.475 e. The Balaban J connectivity index is 2.29. The number of ether oxygens (including phenoxy) is 1. The summed E-state index contributed by atoms with van der Waals surface area (Å²) >= 11 is 0. The summed E-state index contributed by atoms with van der Waals surface area (Å²) in [6.07, 6.45) is 8.52. The van der Waals surface area contributed by atoms with E-state index in [2.05, 4.69) is 0 Å². The summed E-state index contributed by atoms with van der Waals surface area (Å²) in [6, 6.07) is 0. The van der Waals surface area contributed by atoms with Gasteiger partial charge in [0.25, 0.3) is 0 Å². The monoisotopic (exact) mass is 220 g/mol. The zero-order chi connectivity index (χ0) is 11.8. The SMILES string of the molecule is CC1(C2=CCCC=C2)OC(C(=O)O)=CC1=O. The molecule has 0 spiro atoms. The molecule has 0 bridgehead atoms. The second-order valence-corrected chi connectivity index (χ2v) is 3.95. The van der Waals surface area contributed by atoms with E-state index >= 15 is 0 Å². The van der Waals surface area contributed by atoms with E-state index in [4.69, 9.17) is 9.84 Å². The Morgan fingerprint density at radius 2 is 2.25 bits per heavy atom. The third-order valence-corrected chi connectivity index (χ3v) is 2.80. The molecule has 1 unspecified atom stereocenters. The fourth-order valence-electron chi connectivity index (χ4n) is 1.83. The first-order chi connectivity index (χ1) is 7.54. The molecule has 0 fully saturated rings. The van der Waals surface area contributed by atoms with E-state index in [0.29, 0.717) is 0 Å². The molecule has 0 radical (unpaired) electrons. The molecule has 0 aromatic carbocycles. The number of carboxylic acid groups (broad SMARTS) is 1. The van der Waals surface area contributed by atoms with Crippen molar-refractivity contribution in [2.75, 3.05) is 0 Å². The molecule has 0 aromatic rings. The van der Waals surface area contributed by atoms with Crippen LogP contribution in [0.4, 0.5) is 0 Å². The van der Waals surface area contributed by atoms with Crippen molar-refractivity contribution in [3.8, 4) is 0 Å². The van der Waals surface area contributed by atoms with Crippen LogP contribution in [0.2, 0.25) is 0 Å². The van der Waals surface area contributed by atoms with Gasteiger partial charge >= 0.3 is 5.97 Å². The van der Waals surface area contributed by atoms with Crippen molar-refractivity contribution in [3.05, 3.63) is 35.6 Å². The molecule has 4 nitrogen and oxygen atoms in total. The van der Waals surface area contributed by atoms with Crippen LogP contribution < -0.4 is 0 Å². The predicted octanol–water partition coefficient (Wildman–Crippen LogP) is 1.59. The molecule has 2 rings (SSSR count). The molecule has 1 aliphatic heterocycles. The lowest BCUT2D eigenvalue weighted by Gasteiger charge is -2.25. The predicted molar refractivity (Wildman–Crippen MR) is 56.7 cm³/mol. The molecule has 0 amide bonds. The molecule has 0 saturated carbocycles. The number of hydrogen-bond acceptors (Lipinski definition) is 3. The molecule has 1 aliphatic carbocycles. The zero-order valence-electron chi connectivity index (χ0n) is 8.90. The van der Waals surface area contributed by atoms with Crippen LogP contribution in [-0.4, -0.2) is 22.5 Å². The second-order valence-electron chi connectivity index (χ2n) is 3.95. The van der Waals surface area contributed by atoms with Crippen molar-refractivity contribution in [3.63, 3.8) is 0 Å². The summed E-state index contributed by atoms with van der Waals surface area (Å²) in [5.74, 6) is -1.81. The topological polar surface area (TPSA) is 63.6 Å². The number of carbonyl (C=O) groups excluding carboxylic acids is 1. The van der Waals surface area contributed by atoms with Crippen molar-refractivity contribution in [1.82, 2.24) is 0 Å². The van der Waals surface area contributed by atoms with Gasteiger partial charge in [-0.2, -0.15) is 0 Å². The third kappa shape index (κ3) is 1.56. The average molecular weight is 220 g/mol. The molecule has 1 atom stereocenters. The van der Waals surface area contributed by atoms with Crippen molar-refractivity contribution < 1.29 is 19.4 Å². The summed E-state index contributed by atoms with van der Waals surface area (Å²) in [6.45, 7) is 1.60. The summed E-state index contributed by atoms with van der Waals surface area (Å²) in [5, 5.41) is 8.78. The van der Waals surface area contributed by atoms with E-state index in [-0.39, 0.29) is 11.5 Å². The maximum Gasteiger partial charge on any atom is 0.371 e. The lowest BCUT2D eigenvalue weighted by molar-refractivity contribution is -0.139. The van der Waals surface area contributed by atoms with Crippen molar-refractivity contribution >= 4 is 11.8 Å². The van der Waals surface area contributed by atoms with Crippen molar-refractivity contribution in [2.24, 2.45) is 0 Å². The smallest absolute Gasteiger partial charge is 0.371 e. The fourth-order valence-corrected chi connectivity index (χ4v) is 1.83. The first-order valence-electron chi connectivity index (χ1n) is 5.09. The third-order valence-electron chi connectivity index (χ3n) is 2.80. The average Bonchev–Trinajstić information content (AvgIpc) is 2.58. The minimum atomic E-state index is -1.21. The normalized spacial score (nSPS) is 28.4. The van der Waals surface area contributed by atoms with Gasteiger partial charge < -0.3 is 9.84 Å². The molecular weight excluding hydrogens is 208 g/mol. The van der Waals surface area contributed by atoms with Crippen molar-refractivity contribution in [1.29, 1.82) is 0 Å². The number of hydrogen-bond donors (Lipinski definition) is 1. The van der Waals surface area contributed by atoms with E-state index in [1.165, 1.54) is 0 Å². The molecule has 1 heterocycles. The van der Waals surface area contributed by atoms with Crippen LogP contribution in [0.5, 0.6) is 0 Å². The standard InChI is InChI=1S/C12H12O4/c1-12(8-5-3-2-4-6-8)10(13)7-9(16-12)11(14)15/h3,5-7H,2,4H2,1H3,(H,14,15).